The van der Waals surface area contributed by atoms with Crippen molar-refractivity contribution in [3.63, 3.8) is 0 Å². The summed E-state index contributed by atoms with van der Waals surface area (Å²) >= 11 is 0. The topological polar surface area (TPSA) is 73.6 Å². The first kappa shape index (κ1) is 15.2. The highest BCUT2D eigenvalue weighted by Gasteiger charge is 2.14. The molecular weight excluding hydrogens is 248 g/mol. The predicted octanol–water partition coefficient (Wildman–Crippen LogP) is 2.83. The maximum absolute atomic E-state index is 10.7. The quantitative estimate of drug-likeness (QED) is 0.423. The van der Waals surface area contributed by atoms with E-state index in [9.17, 15) is 10.1 Å². The number of ether oxygens (including phenoxy) is 2. The van der Waals surface area contributed by atoms with E-state index >= 15 is 0 Å². The Balaban J connectivity index is 2.44. The van der Waals surface area contributed by atoms with Gasteiger partial charge in [0.2, 0.25) is 0 Å². The highest BCUT2D eigenvalue weighted by atomic mass is 16.6. The van der Waals surface area contributed by atoms with E-state index < -0.39 is 4.92 Å². The molecule has 19 heavy (non-hydrogen) atoms. The van der Waals surface area contributed by atoms with Gasteiger partial charge in [0.25, 0.3) is 0 Å². The highest BCUT2D eigenvalue weighted by molar-refractivity contribution is 5.57. The zero-order valence-electron chi connectivity index (χ0n) is 11.3. The first-order valence-corrected chi connectivity index (χ1v) is 6.33. The molecule has 0 radical (unpaired) electrons. The van der Waals surface area contributed by atoms with Crippen LogP contribution in [0.25, 0.3) is 0 Å². The van der Waals surface area contributed by atoms with E-state index in [0.29, 0.717) is 13.2 Å². The second kappa shape index (κ2) is 8.31. The lowest BCUT2D eigenvalue weighted by atomic mass is 10.2. The van der Waals surface area contributed by atoms with Crippen LogP contribution in [0.3, 0.4) is 0 Å². The number of benzene rings is 1. The van der Waals surface area contributed by atoms with Crippen molar-refractivity contribution in [2.24, 2.45) is 0 Å². The van der Waals surface area contributed by atoms with E-state index in [1.165, 1.54) is 13.2 Å². The number of nitro benzene ring substituents is 1. The van der Waals surface area contributed by atoms with Crippen LogP contribution in [-0.2, 0) is 4.74 Å². The summed E-state index contributed by atoms with van der Waals surface area (Å²) in [5, 5.41) is 13.9. The van der Waals surface area contributed by atoms with Crippen LogP contribution in [0.2, 0.25) is 0 Å². The fraction of sp³-hybridized carbons (Fsp3) is 0.538. The van der Waals surface area contributed by atoms with Crippen LogP contribution in [-0.4, -0.2) is 31.8 Å². The van der Waals surface area contributed by atoms with Crippen molar-refractivity contribution in [1.82, 2.24) is 0 Å². The molecule has 1 aromatic rings. The molecule has 1 N–H and O–H groups in total. The third kappa shape index (κ3) is 5.13. The van der Waals surface area contributed by atoms with Gasteiger partial charge in [-0.2, -0.15) is 0 Å². The summed E-state index contributed by atoms with van der Waals surface area (Å²) in [5.41, 5.74) is 0.744. The fourth-order valence-electron chi connectivity index (χ4n) is 1.55. The standard InChI is InChI=1S/C13H20N2O4/c1-3-4-8-19-9-7-14-11-5-6-12(15(16)17)13(10-11)18-2/h5-6,10,14H,3-4,7-9H2,1-2H3. The van der Waals surface area contributed by atoms with Gasteiger partial charge in [0.05, 0.1) is 18.6 Å². The highest BCUT2D eigenvalue weighted by Crippen LogP contribution is 2.29. The molecule has 0 spiro atoms. The minimum Gasteiger partial charge on any atom is -0.490 e. The Labute approximate surface area is 112 Å². The largest absolute Gasteiger partial charge is 0.490 e. The summed E-state index contributed by atoms with van der Waals surface area (Å²) in [6.45, 7) is 4.15. The molecule has 0 bridgehead atoms. The van der Waals surface area contributed by atoms with E-state index in [2.05, 4.69) is 12.2 Å². The molecule has 0 amide bonds. The lowest BCUT2D eigenvalue weighted by Gasteiger charge is -2.09. The van der Waals surface area contributed by atoms with Crippen molar-refractivity contribution in [2.75, 3.05) is 32.2 Å². The average Bonchev–Trinajstić information content (AvgIpc) is 2.42. The maximum Gasteiger partial charge on any atom is 0.311 e. The second-order valence-corrected chi connectivity index (χ2v) is 4.04. The third-order valence-corrected chi connectivity index (χ3v) is 2.59. The van der Waals surface area contributed by atoms with Crippen LogP contribution < -0.4 is 10.1 Å². The lowest BCUT2D eigenvalue weighted by molar-refractivity contribution is -0.385. The first-order valence-electron chi connectivity index (χ1n) is 6.33. The van der Waals surface area contributed by atoms with Crippen molar-refractivity contribution in [1.29, 1.82) is 0 Å². The smallest absolute Gasteiger partial charge is 0.311 e. The van der Waals surface area contributed by atoms with Gasteiger partial charge in [0.15, 0.2) is 5.75 Å². The molecule has 0 atom stereocenters. The summed E-state index contributed by atoms with van der Waals surface area (Å²) in [6, 6.07) is 4.70. The molecule has 1 rings (SSSR count). The monoisotopic (exact) mass is 268 g/mol. The zero-order chi connectivity index (χ0) is 14.1. The molecule has 0 aromatic heterocycles. The number of methoxy groups -OCH3 is 1. The summed E-state index contributed by atoms with van der Waals surface area (Å²) in [6.07, 6.45) is 2.18. The van der Waals surface area contributed by atoms with Gasteiger partial charge < -0.3 is 14.8 Å². The normalized spacial score (nSPS) is 10.2. The fourth-order valence-corrected chi connectivity index (χ4v) is 1.55. The molecule has 0 aliphatic heterocycles. The number of hydrogen-bond donors (Lipinski definition) is 1. The molecule has 0 aliphatic carbocycles. The Bertz CT molecular complexity index is 410. The van der Waals surface area contributed by atoms with Crippen molar-refractivity contribution in [2.45, 2.75) is 19.8 Å². The van der Waals surface area contributed by atoms with Gasteiger partial charge >= 0.3 is 5.69 Å². The Kier molecular flexibility index (Phi) is 6.67. The van der Waals surface area contributed by atoms with E-state index in [1.807, 2.05) is 0 Å². The SMILES string of the molecule is CCCCOCCNc1ccc([N+](=O)[O-])c(OC)c1. The van der Waals surface area contributed by atoms with E-state index in [4.69, 9.17) is 9.47 Å². The molecular formula is C13H20N2O4. The van der Waals surface area contributed by atoms with Crippen LogP contribution in [0.15, 0.2) is 18.2 Å². The molecule has 0 heterocycles. The van der Waals surface area contributed by atoms with Crippen molar-refractivity contribution >= 4 is 11.4 Å². The Morgan fingerprint density at radius 2 is 2.16 bits per heavy atom. The number of nitro groups is 1. The number of anilines is 1. The number of nitrogens with one attached hydrogen (secondary N) is 1. The summed E-state index contributed by atoms with van der Waals surface area (Å²) in [7, 11) is 1.42. The molecule has 6 nitrogen and oxygen atoms in total. The van der Waals surface area contributed by atoms with Gasteiger partial charge in [-0.05, 0) is 12.5 Å². The summed E-state index contributed by atoms with van der Waals surface area (Å²) < 4.78 is 10.4. The van der Waals surface area contributed by atoms with Crippen LogP contribution in [0.5, 0.6) is 5.75 Å². The molecule has 1 aromatic carbocycles. The maximum atomic E-state index is 10.7. The van der Waals surface area contributed by atoms with Crippen molar-refractivity contribution in [3.05, 3.63) is 28.3 Å². The third-order valence-electron chi connectivity index (χ3n) is 2.59. The van der Waals surface area contributed by atoms with Gasteiger partial charge in [-0.3, -0.25) is 10.1 Å². The minimum atomic E-state index is -0.462. The summed E-state index contributed by atoms with van der Waals surface area (Å²) in [4.78, 5) is 10.3. The Morgan fingerprint density at radius 1 is 1.37 bits per heavy atom. The average molecular weight is 268 g/mol. The van der Waals surface area contributed by atoms with Gasteiger partial charge in [0, 0.05) is 31.0 Å². The van der Waals surface area contributed by atoms with Crippen molar-refractivity contribution in [3.8, 4) is 5.75 Å². The van der Waals surface area contributed by atoms with E-state index in [0.717, 1.165) is 25.1 Å². The Morgan fingerprint density at radius 3 is 2.79 bits per heavy atom. The first-order chi connectivity index (χ1) is 9.19. The molecule has 0 aliphatic rings. The van der Waals surface area contributed by atoms with Crippen LogP contribution in [0.1, 0.15) is 19.8 Å². The predicted molar refractivity (Wildman–Crippen MR) is 73.9 cm³/mol. The van der Waals surface area contributed by atoms with Crippen LogP contribution in [0.4, 0.5) is 11.4 Å². The van der Waals surface area contributed by atoms with Gasteiger partial charge in [-0.15, -0.1) is 0 Å². The molecule has 0 saturated carbocycles. The van der Waals surface area contributed by atoms with E-state index in [1.54, 1.807) is 12.1 Å². The molecule has 0 saturated heterocycles. The van der Waals surface area contributed by atoms with Gasteiger partial charge in [0.1, 0.15) is 0 Å². The number of nitrogens with zero attached hydrogens (tertiary/aromatic N) is 1. The second-order valence-electron chi connectivity index (χ2n) is 4.04. The molecule has 6 heteroatoms. The number of hydrogen-bond acceptors (Lipinski definition) is 5. The molecule has 0 fully saturated rings. The van der Waals surface area contributed by atoms with E-state index in [-0.39, 0.29) is 11.4 Å². The molecule has 0 unspecified atom stereocenters. The summed E-state index contributed by atoms with van der Waals surface area (Å²) in [5.74, 6) is 0.252. The van der Waals surface area contributed by atoms with Crippen molar-refractivity contribution < 1.29 is 14.4 Å². The molecule has 106 valence electrons. The number of rotatable bonds is 9. The minimum absolute atomic E-state index is 0.0350. The van der Waals surface area contributed by atoms with Crippen LogP contribution >= 0.6 is 0 Å². The number of unbranched alkanes of at least 4 members (excludes halogenated alkanes) is 1. The van der Waals surface area contributed by atoms with Gasteiger partial charge in [-0.1, -0.05) is 13.3 Å². The van der Waals surface area contributed by atoms with Crippen LogP contribution in [0, 0.1) is 10.1 Å². The lowest BCUT2D eigenvalue weighted by Crippen LogP contribution is -2.10. The Hall–Kier alpha value is -1.82. The zero-order valence-corrected chi connectivity index (χ0v) is 11.3. The van der Waals surface area contributed by atoms with Gasteiger partial charge in [-0.25, -0.2) is 0 Å².